The van der Waals surface area contributed by atoms with E-state index in [0.717, 1.165) is 34.0 Å². The Morgan fingerprint density at radius 1 is 1.14 bits per heavy atom. The number of aromatic nitrogens is 3. The number of benzene rings is 1. The number of hydrogen-bond acceptors (Lipinski definition) is 5. The molecule has 1 aromatic carbocycles. The molecule has 6 nitrogen and oxygen atoms in total. The monoisotopic (exact) mass is 408 g/mol. The Bertz CT molecular complexity index is 992. The van der Waals surface area contributed by atoms with Crippen LogP contribution in [0.15, 0.2) is 55.0 Å². The summed E-state index contributed by atoms with van der Waals surface area (Å²) in [5.41, 5.74) is 4.07. The standard InChI is InChI=1S/C22H21ClN4O2/c1-15-11-25-20(13-24-15)22(28)27-8-9-29-21(14-27)19-7-6-16(12-26-19)10-17-4-2-3-5-18(17)23/h2-7,11-13,21H,8-10,14H2,1H3/t21-/m0/s1. The predicted octanol–water partition coefficient (Wildman–Crippen LogP) is 3.64. The molecule has 0 bridgehead atoms. The third-order valence-electron chi connectivity index (χ3n) is 4.88. The molecular weight excluding hydrogens is 388 g/mol. The molecule has 7 heteroatoms. The van der Waals surface area contributed by atoms with Gasteiger partial charge in [-0.15, -0.1) is 0 Å². The first-order chi connectivity index (χ1) is 14.1. The minimum Gasteiger partial charge on any atom is -0.368 e. The SMILES string of the molecule is Cc1cnc(C(=O)N2CCO[C@H](c3ccc(Cc4ccccc4Cl)cn3)C2)cn1. The molecule has 0 aliphatic carbocycles. The van der Waals surface area contributed by atoms with Crippen LogP contribution in [0.1, 0.15) is 39.1 Å². The van der Waals surface area contributed by atoms with Gasteiger partial charge in [-0.05, 0) is 30.2 Å². The molecule has 0 radical (unpaired) electrons. The van der Waals surface area contributed by atoms with Crippen molar-refractivity contribution >= 4 is 17.5 Å². The molecule has 1 fully saturated rings. The van der Waals surface area contributed by atoms with E-state index in [4.69, 9.17) is 16.3 Å². The second-order valence-electron chi connectivity index (χ2n) is 7.01. The number of morpholine rings is 1. The molecule has 0 unspecified atom stereocenters. The van der Waals surface area contributed by atoms with E-state index in [-0.39, 0.29) is 12.0 Å². The van der Waals surface area contributed by atoms with Crippen LogP contribution in [0.25, 0.3) is 0 Å². The maximum absolute atomic E-state index is 12.7. The first-order valence-electron chi connectivity index (χ1n) is 9.48. The van der Waals surface area contributed by atoms with Gasteiger partial charge in [0.15, 0.2) is 0 Å². The molecule has 1 aliphatic heterocycles. The highest BCUT2D eigenvalue weighted by Gasteiger charge is 2.27. The van der Waals surface area contributed by atoms with Crippen LogP contribution in [0.4, 0.5) is 0 Å². The zero-order valence-electron chi connectivity index (χ0n) is 16.1. The van der Waals surface area contributed by atoms with Gasteiger partial charge in [-0.2, -0.15) is 0 Å². The van der Waals surface area contributed by atoms with Crippen molar-refractivity contribution in [2.45, 2.75) is 19.4 Å². The molecule has 148 valence electrons. The zero-order valence-corrected chi connectivity index (χ0v) is 16.8. The number of carbonyl (C=O) groups excluding carboxylic acids is 1. The highest BCUT2D eigenvalue weighted by Crippen LogP contribution is 2.23. The number of aryl methyl sites for hydroxylation is 1. The van der Waals surface area contributed by atoms with Crippen molar-refractivity contribution in [1.29, 1.82) is 0 Å². The smallest absolute Gasteiger partial charge is 0.274 e. The summed E-state index contributed by atoms with van der Waals surface area (Å²) in [6.07, 6.45) is 5.41. The summed E-state index contributed by atoms with van der Waals surface area (Å²) >= 11 is 6.24. The van der Waals surface area contributed by atoms with Gasteiger partial charge < -0.3 is 9.64 Å². The number of pyridine rings is 1. The average molecular weight is 409 g/mol. The van der Waals surface area contributed by atoms with Gasteiger partial charge in [-0.1, -0.05) is 35.9 Å². The van der Waals surface area contributed by atoms with Crippen LogP contribution in [-0.2, 0) is 11.2 Å². The van der Waals surface area contributed by atoms with E-state index in [0.29, 0.717) is 25.4 Å². The van der Waals surface area contributed by atoms with Crippen LogP contribution in [0.5, 0.6) is 0 Å². The van der Waals surface area contributed by atoms with E-state index < -0.39 is 0 Å². The highest BCUT2D eigenvalue weighted by atomic mass is 35.5. The van der Waals surface area contributed by atoms with Gasteiger partial charge >= 0.3 is 0 Å². The van der Waals surface area contributed by atoms with Crippen LogP contribution in [0.2, 0.25) is 5.02 Å². The number of nitrogens with zero attached hydrogens (tertiary/aromatic N) is 4. The van der Waals surface area contributed by atoms with E-state index >= 15 is 0 Å². The lowest BCUT2D eigenvalue weighted by Gasteiger charge is -2.32. The normalized spacial score (nSPS) is 16.6. The van der Waals surface area contributed by atoms with Crippen molar-refractivity contribution in [3.63, 3.8) is 0 Å². The topological polar surface area (TPSA) is 68.2 Å². The summed E-state index contributed by atoms with van der Waals surface area (Å²) in [6.45, 7) is 3.26. The Labute approximate surface area is 174 Å². The van der Waals surface area contributed by atoms with Crippen molar-refractivity contribution in [2.75, 3.05) is 19.7 Å². The van der Waals surface area contributed by atoms with Crippen LogP contribution in [0.3, 0.4) is 0 Å². The number of amides is 1. The molecule has 0 spiro atoms. The van der Waals surface area contributed by atoms with E-state index in [1.54, 1.807) is 11.1 Å². The lowest BCUT2D eigenvalue weighted by Crippen LogP contribution is -2.42. The van der Waals surface area contributed by atoms with Crippen LogP contribution < -0.4 is 0 Å². The molecule has 0 N–H and O–H groups in total. The second-order valence-corrected chi connectivity index (χ2v) is 7.42. The number of rotatable bonds is 4. The van der Waals surface area contributed by atoms with Crippen molar-refractivity contribution in [3.05, 3.63) is 88.2 Å². The van der Waals surface area contributed by atoms with Crippen LogP contribution in [-0.4, -0.2) is 45.5 Å². The summed E-state index contributed by atoms with van der Waals surface area (Å²) in [7, 11) is 0. The van der Waals surface area contributed by atoms with Gasteiger partial charge in [0, 0.05) is 30.4 Å². The number of ether oxygens (including phenoxy) is 1. The van der Waals surface area contributed by atoms with E-state index in [2.05, 4.69) is 15.0 Å². The predicted molar refractivity (Wildman–Crippen MR) is 110 cm³/mol. The molecule has 1 saturated heterocycles. The third-order valence-corrected chi connectivity index (χ3v) is 5.25. The van der Waals surface area contributed by atoms with Gasteiger partial charge in [0.05, 0.1) is 30.7 Å². The average Bonchev–Trinajstić information content (AvgIpc) is 2.76. The summed E-state index contributed by atoms with van der Waals surface area (Å²) in [5.74, 6) is -0.138. The molecule has 0 saturated carbocycles. The Morgan fingerprint density at radius 3 is 2.72 bits per heavy atom. The fourth-order valence-electron chi connectivity index (χ4n) is 3.27. The van der Waals surface area contributed by atoms with Gasteiger partial charge in [0.2, 0.25) is 0 Å². The Kier molecular flexibility index (Phi) is 5.83. The number of hydrogen-bond donors (Lipinski definition) is 0. The van der Waals surface area contributed by atoms with Crippen LogP contribution in [0, 0.1) is 6.92 Å². The number of carbonyl (C=O) groups is 1. The third kappa shape index (κ3) is 4.60. The Hall–Kier alpha value is -2.83. The molecule has 3 aromatic rings. The molecule has 1 aliphatic rings. The molecular formula is C22H21ClN4O2. The van der Waals surface area contributed by atoms with Gasteiger partial charge in [-0.25, -0.2) is 4.98 Å². The van der Waals surface area contributed by atoms with Crippen molar-refractivity contribution in [3.8, 4) is 0 Å². The largest absolute Gasteiger partial charge is 0.368 e. The maximum Gasteiger partial charge on any atom is 0.274 e. The molecule has 1 atom stereocenters. The number of halogens is 1. The van der Waals surface area contributed by atoms with Crippen molar-refractivity contribution < 1.29 is 9.53 Å². The van der Waals surface area contributed by atoms with Crippen molar-refractivity contribution in [2.24, 2.45) is 0 Å². The first kappa shape index (κ1) is 19.5. The highest BCUT2D eigenvalue weighted by molar-refractivity contribution is 6.31. The van der Waals surface area contributed by atoms with E-state index in [1.807, 2.05) is 49.5 Å². The summed E-state index contributed by atoms with van der Waals surface area (Å²) < 4.78 is 5.86. The summed E-state index contributed by atoms with van der Waals surface area (Å²) in [6, 6.07) is 11.8. The fraction of sp³-hybridized carbons (Fsp3) is 0.273. The minimum absolute atomic E-state index is 0.138. The molecule has 4 rings (SSSR count). The summed E-state index contributed by atoms with van der Waals surface area (Å²) in [4.78, 5) is 27.4. The molecule has 29 heavy (non-hydrogen) atoms. The Morgan fingerprint density at radius 2 is 2.00 bits per heavy atom. The van der Waals surface area contributed by atoms with E-state index in [9.17, 15) is 4.79 Å². The lowest BCUT2D eigenvalue weighted by molar-refractivity contribution is -0.0249. The van der Waals surface area contributed by atoms with Gasteiger partial charge in [-0.3, -0.25) is 14.8 Å². The molecule has 2 aromatic heterocycles. The second kappa shape index (κ2) is 8.68. The fourth-order valence-corrected chi connectivity index (χ4v) is 3.47. The molecule has 3 heterocycles. The summed E-state index contributed by atoms with van der Waals surface area (Å²) in [5, 5.41) is 0.751. The van der Waals surface area contributed by atoms with Crippen LogP contribution >= 0.6 is 11.6 Å². The quantitative estimate of drug-likeness (QED) is 0.659. The van der Waals surface area contributed by atoms with Crippen molar-refractivity contribution in [1.82, 2.24) is 19.9 Å². The lowest BCUT2D eigenvalue weighted by atomic mass is 10.1. The Balaban J connectivity index is 1.43. The first-order valence-corrected chi connectivity index (χ1v) is 9.86. The van der Waals surface area contributed by atoms with Gasteiger partial charge in [0.1, 0.15) is 11.8 Å². The minimum atomic E-state index is -0.263. The zero-order chi connectivity index (χ0) is 20.2. The van der Waals surface area contributed by atoms with Gasteiger partial charge in [0.25, 0.3) is 5.91 Å². The van der Waals surface area contributed by atoms with E-state index in [1.165, 1.54) is 6.20 Å². The maximum atomic E-state index is 12.7. The molecule has 1 amide bonds.